The molecule has 0 saturated heterocycles. The Morgan fingerprint density at radius 1 is 1.29 bits per heavy atom. The van der Waals surface area contributed by atoms with E-state index in [-0.39, 0.29) is 22.1 Å². The summed E-state index contributed by atoms with van der Waals surface area (Å²) in [7, 11) is -0.143. The fraction of sp³-hybridized carbons (Fsp3) is 0.533. The topological polar surface area (TPSA) is 63.7 Å². The lowest BCUT2D eigenvalue weighted by molar-refractivity contribution is 0.0775. The van der Waals surface area contributed by atoms with E-state index in [2.05, 4.69) is 0 Å². The molecule has 0 saturated carbocycles. The van der Waals surface area contributed by atoms with E-state index in [1.807, 2.05) is 0 Å². The molecule has 21 heavy (non-hydrogen) atoms. The van der Waals surface area contributed by atoms with Gasteiger partial charge in [0.15, 0.2) is 9.84 Å². The maximum Gasteiger partial charge on any atom is 0.254 e. The van der Waals surface area contributed by atoms with Crippen molar-refractivity contribution < 1.29 is 17.9 Å². The Morgan fingerprint density at radius 3 is 2.57 bits per heavy atom. The molecule has 0 N–H and O–H groups in total. The minimum absolute atomic E-state index is 0.0463. The quantitative estimate of drug-likeness (QED) is 0.688. The number of nitrogens with zero attached hydrogens (tertiary/aromatic N) is 1. The molecule has 0 aromatic heterocycles. The molecule has 6 heteroatoms. The fourth-order valence-corrected chi connectivity index (χ4v) is 3.58. The number of ether oxygens (including phenoxy) is 1. The first kappa shape index (κ1) is 17.7. The van der Waals surface area contributed by atoms with Crippen molar-refractivity contribution in [3.05, 3.63) is 29.8 Å². The molecule has 0 fully saturated rings. The molecule has 1 rings (SSSR count). The number of hydrogen-bond donors (Lipinski definition) is 0. The van der Waals surface area contributed by atoms with Crippen LogP contribution in [0.2, 0.25) is 0 Å². The van der Waals surface area contributed by atoms with Crippen LogP contribution >= 0.6 is 0 Å². The number of sulfone groups is 1. The highest BCUT2D eigenvalue weighted by Gasteiger charge is 2.23. The van der Waals surface area contributed by atoms with Gasteiger partial charge in [0.2, 0.25) is 0 Å². The van der Waals surface area contributed by atoms with Crippen molar-refractivity contribution in [1.29, 1.82) is 0 Å². The van der Waals surface area contributed by atoms with Crippen molar-refractivity contribution in [2.75, 3.05) is 33.1 Å². The largest absolute Gasteiger partial charge is 0.385 e. The molecule has 1 amide bonds. The van der Waals surface area contributed by atoms with Crippen molar-refractivity contribution in [3.63, 3.8) is 0 Å². The molecular formula is C15H23NO4S. The van der Waals surface area contributed by atoms with Gasteiger partial charge >= 0.3 is 0 Å². The van der Waals surface area contributed by atoms with Crippen LogP contribution in [0.1, 0.15) is 30.1 Å². The molecule has 0 spiro atoms. The highest BCUT2D eigenvalue weighted by atomic mass is 32.2. The van der Waals surface area contributed by atoms with E-state index in [1.54, 1.807) is 39.3 Å². The molecule has 0 aliphatic heterocycles. The van der Waals surface area contributed by atoms with Gasteiger partial charge in [-0.1, -0.05) is 19.1 Å². The highest BCUT2D eigenvalue weighted by molar-refractivity contribution is 7.91. The van der Waals surface area contributed by atoms with Gasteiger partial charge in [-0.05, 0) is 25.0 Å². The second-order valence-electron chi connectivity index (χ2n) is 4.89. The first-order chi connectivity index (χ1) is 9.94. The van der Waals surface area contributed by atoms with Crippen LogP contribution < -0.4 is 0 Å². The van der Waals surface area contributed by atoms with E-state index in [9.17, 15) is 13.2 Å². The second-order valence-corrected chi connectivity index (χ2v) is 6.97. The van der Waals surface area contributed by atoms with Crippen molar-refractivity contribution in [2.45, 2.75) is 24.7 Å². The number of rotatable bonds is 8. The lowest BCUT2D eigenvalue weighted by Gasteiger charge is -2.18. The standard InChI is InChI=1S/C15H23NO4S/c1-4-12-21(18,19)14-9-6-5-8-13(14)15(17)16(2)10-7-11-20-3/h5-6,8-9H,4,7,10-12H2,1-3H3. The molecule has 0 atom stereocenters. The summed E-state index contributed by atoms with van der Waals surface area (Å²) in [6, 6.07) is 6.39. The van der Waals surface area contributed by atoms with E-state index >= 15 is 0 Å². The second kappa shape index (κ2) is 8.14. The van der Waals surface area contributed by atoms with Crippen LogP contribution in [-0.2, 0) is 14.6 Å². The molecule has 0 aliphatic carbocycles. The number of carbonyl (C=O) groups excluding carboxylic acids is 1. The Morgan fingerprint density at radius 2 is 1.95 bits per heavy atom. The number of carbonyl (C=O) groups is 1. The van der Waals surface area contributed by atoms with Gasteiger partial charge in [0.25, 0.3) is 5.91 Å². The first-order valence-electron chi connectivity index (χ1n) is 7.00. The average Bonchev–Trinajstić information content (AvgIpc) is 2.46. The summed E-state index contributed by atoms with van der Waals surface area (Å²) in [6.45, 7) is 2.89. The van der Waals surface area contributed by atoms with E-state index in [1.165, 1.54) is 11.0 Å². The van der Waals surface area contributed by atoms with Gasteiger partial charge in [0.05, 0.1) is 16.2 Å². The minimum atomic E-state index is -3.42. The van der Waals surface area contributed by atoms with Crippen LogP contribution in [0.25, 0.3) is 0 Å². The van der Waals surface area contributed by atoms with E-state index in [0.29, 0.717) is 26.0 Å². The summed E-state index contributed by atoms with van der Waals surface area (Å²) in [4.78, 5) is 14.1. The van der Waals surface area contributed by atoms with Gasteiger partial charge in [-0.3, -0.25) is 4.79 Å². The molecule has 0 bridgehead atoms. The Balaban J connectivity index is 3.00. The van der Waals surface area contributed by atoms with Crippen molar-refractivity contribution in [1.82, 2.24) is 4.90 Å². The summed E-state index contributed by atoms with van der Waals surface area (Å²) in [5.74, 6) is -0.230. The Hall–Kier alpha value is -1.40. The van der Waals surface area contributed by atoms with Gasteiger partial charge in [-0.2, -0.15) is 0 Å². The summed E-state index contributed by atoms with van der Waals surface area (Å²) >= 11 is 0. The third-order valence-electron chi connectivity index (χ3n) is 3.11. The SMILES string of the molecule is CCCS(=O)(=O)c1ccccc1C(=O)N(C)CCCOC. The molecule has 0 aliphatic rings. The summed E-state index contributed by atoms with van der Waals surface area (Å²) < 4.78 is 29.5. The number of methoxy groups -OCH3 is 1. The molecule has 0 heterocycles. The van der Waals surface area contributed by atoms with Crippen molar-refractivity contribution in [3.8, 4) is 0 Å². The zero-order valence-corrected chi connectivity index (χ0v) is 13.6. The predicted molar refractivity (Wildman–Crippen MR) is 82.2 cm³/mol. The smallest absolute Gasteiger partial charge is 0.254 e. The molecule has 0 unspecified atom stereocenters. The third-order valence-corrected chi connectivity index (χ3v) is 5.09. The fourth-order valence-electron chi connectivity index (χ4n) is 2.05. The molecule has 1 aromatic carbocycles. The summed E-state index contributed by atoms with van der Waals surface area (Å²) in [5, 5.41) is 0. The Labute approximate surface area is 126 Å². The molecule has 5 nitrogen and oxygen atoms in total. The van der Waals surface area contributed by atoms with Gasteiger partial charge in [-0.25, -0.2) is 8.42 Å². The Kier molecular flexibility index (Phi) is 6.84. The van der Waals surface area contributed by atoms with Crippen LogP contribution in [-0.4, -0.2) is 52.3 Å². The highest BCUT2D eigenvalue weighted by Crippen LogP contribution is 2.19. The molecule has 0 radical (unpaired) electrons. The normalized spacial score (nSPS) is 11.4. The summed E-state index contributed by atoms with van der Waals surface area (Å²) in [5.41, 5.74) is 0.242. The maximum atomic E-state index is 12.4. The van der Waals surface area contributed by atoms with Crippen LogP contribution in [0, 0.1) is 0 Å². The zero-order chi connectivity index (χ0) is 15.9. The molecule has 1 aromatic rings. The number of hydrogen-bond acceptors (Lipinski definition) is 4. The number of benzene rings is 1. The maximum absolute atomic E-state index is 12.4. The van der Waals surface area contributed by atoms with Crippen LogP contribution in [0.5, 0.6) is 0 Å². The summed E-state index contributed by atoms with van der Waals surface area (Å²) in [6.07, 6.45) is 1.23. The van der Waals surface area contributed by atoms with Crippen molar-refractivity contribution in [2.24, 2.45) is 0 Å². The van der Waals surface area contributed by atoms with Crippen molar-refractivity contribution >= 4 is 15.7 Å². The lowest BCUT2D eigenvalue weighted by Crippen LogP contribution is -2.29. The van der Waals surface area contributed by atoms with E-state index < -0.39 is 9.84 Å². The average molecular weight is 313 g/mol. The Bertz CT molecular complexity index is 569. The van der Waals surface area contributed by atoms with E-state index in [4.69, 9.17) is 4.74 Å². The van der Waals surface area contributed by atoms with Gasteiger partial charge in [0, 0.05) is 27.3 Å². The minimum Gasteiger partial charge on any atom is -0.385 e. The first-order valence-corrected chi connectivity index (χ1v) is 8.65. The predicted octanol–water partition coefficient (Wildman–Crippen LogP) is 1.98. The van der Waals surface area contributed by atoms with Gasteiger partial charge in [-0.15, -0.1) is 0 Å². The van der Waals surface area contributed by atoms with Gasteiger partial charge < -0.3 is 9.64 Å². The molecule has 118 valence electrons. The number of amides is 1. The monoisotopic (exact) mass is 313 g/mol. The lowest BCUT2D eigenvalue weighted by atomic mass is 10.2. The van der Waals surface area contributed by atoms with Crippen LogP contribution in [0.3, 0.4) is 0 Å². The van der Waals surface area contributed by atoms with Crippen LogP contribution in [0.15, 0.2) is 29.2 Å². The molecular weight excluding hydrogens is 290 g/mol. The van der Waals surface area contributed by atoms with Gasteiger partial charge in [0.1, 0.15) is 0 Å². The zero-order valence-electron chi connectivity index (χ0n) is 12.8. The van der Waals surface area contributed by atoms with E-state index in [0.717, 1.165) is 0 Å². The van der Waals surface area contributed by atoms with Crippen LogP contribution in [0.4, 0.5) is 0 Å². The third kappa shape index (κ3) is 4.82.